The minimum absolute atomic E-state index is 0.267. The summed E-state index contributed by atoms with van der Waals surface area (Å²) in [6, 6.07) is 13.8. The molecule has 1 heterocycles. The van der Waals surface area contributed by atoms with Gasteiger partial charge in [-0.05, 0) is 60.6 Å². The van der Waals surface area contributed by atoms with Crippen LogP contribution in [0.15, 0.2) is 42.5 Å². The molecule has 0 fully saturated rings. The lowest BCUT2D eigenvalue weighted by Gasteiger charge is -2.18. The summed E-state index contributed by atoms with van der Waals surface area (Å²) in [7, 11) is 0. The second-order valence-corrected chi connectivity index (χ2v) is 6.68. The zero-order valence-electron chi connectivity index (χ0n) is 12.8. The van der Waals surface area contributed by atoms with Crippen molar-refractivity contribution >= 4 is 22.5 Å². The summed E-state index contributed by atoms with van der Waals surface area (Å²) in [5.74, 6) is 0.267. The molecule has 0 saturated carbocycles. The molecule has 0 atom stereocenters. The quantitative estimate of drug-likeness (QED) is 0.714. The first-order valence-electron chi connectivity index (χ1n) is 8.08. The molecule has 1 N–H and O–H groups in total. The summed E-state index contributed by atoms with van der Waals surface area (Å²) >= 11 is 5.94. The van der Waals surface area contributed by atoms with Crippen LogP contribution < -0.4 is 0 Å². The fourth-order valence-electron chi connectivity index (χ4n) is 3.42. The van der Waals surface area contributed by atoms with Crippen molar-refractivity contribution in [3.05, 3.63) is 69.9 Å². The first kappa shape index (κ1) is 14.5. The normalized spacial score (nSPS) is 14.0. The smallest absolute Gasteiger partial charge is 0.138 e. The van der Waals surface area contributed by atoms with Crippen molar-refractivity contribution in [1.82, 2.24) is 4.98 Å². The van der Waals surface area contributed by atoms with Gasteiger partial charge in [-0.2, -0.15) is 0 Å². The molecular weight excluding hydrogens is 306 g/mol. The Morgan fingerprint density at radius 3 is 2.61 bits per heavy atom. The largest absolute Gasteiger partial charge is 0.506 e. The zero-order chi connectivity index (χ0) is 15.8. The lowest BCUT2D eigenvalue weighted by Crippen LogP contribution is -2.05. The van der Waals surface area contributed by atoms with Gasteiger partial charge in [0.15, 0.2) is 0 Å². The maximum atomic E-state index is 10.3. The van der Waals surface area contributed by atoms with Gasteiger partial charge < -0.3 is 5.11 Å². The Bertz CT molecular complexity index is 871. The topological polar surface area (TPSA) is 33.1 Å². The maximum Gasteiger partial charge on any atom is 0.138 e. The van der Waals surface area contributed by atoms with Gasteiger partial charge in [0.2, 0.25) is 0 Å². The molecule has 0 saturated heterocycles. The Kier molecular flexibility index (Phi) is 3.70. The molecule has 1 aliphatic rings. The van der Waals surface area contributed by atoms with Crippen molar-refractivity contribution < 1.29 is 5.11 Å². The lowest BCUT2D eigenvalue weighted by atomic mass is 9.89. The van der Waals surface area contributed by atoms with Crippen LogP contribution in [0.5, 0.6) is 5.75 Å². The highest BCUT2D eigenvalue weighted by Gasteiger charge is 2.15. The number of halogens is 1. The van der Waals surface area contributed by atoms with Gasteiger partial charge in [-0.3, -0.25) is 0 Å². The molecule has 2 aromatic carbocycles. The highest BCUT2D eigenvalue weighted by molar-refractivity contribution is 6.30. The molecule has 0 bridgehead atoms. The fraction of sp³-hybridized carbons (Fsp3) is 0.250. The van der Waals surface area contributed by atoms with Crippen LogP contribution in [-0.2, 0) is 19.3 Å². The number of nitrogens with zero attached hydrogens (tertiary/aromatic N) is 1. The van der Waals surface area contributed by atoms with E-state index in [9.17, 15) is 5.11 Å². The standard InChI is InChI=1S/C20H18ClNO/c21-16-9-5-13(6-10-16)11-18-19(23)12-15-8-7-14-3-1-2-4-17(14)20(15)22-18/h5-10,12,23H,1-4,11H2. The lowest BCUT2D eigenvalue weighted by molar-refractivity contribution is 0.467. The number of fused-ring (bicyclic) bond motifs is 3. The van der Waals surface area contributed by atoms with Gasteiger partial charge in [-0.1, -0.05) is 35.9 Å². The van der Waals surface area contributed by atoms with E-state index >= 15 is 0 Å². The van der Waals surface area contributed by atoms with Crippen LogP contribution >= 0.6 is 11.6 Å². The second kappa shape index (κ2) is 5.86. The molecule has 3 aromatic rings. The van der Waals surface area contributed by atoms with Crippen LogP contribution in [0.25, 0.3) is 10.9 Å². The fourth-order valence-corrected chi connectivity index (χ4v) is 3.55. The van der Waals surface area contributed by atoms with Gasteiger partial charge in [0.1, 0.15) is 5.75 Å². The molecule has 1 aromatic heterocycles. The molecule has 1 aliphatic carbocycles. The van der Waals surface area contributed by atoms with Crippen LogP contribution in [0.4, 0.5) is 0 Å². The Morgan fingerprint density at radius 1 is 1.00 bits per heavy atom. The molecular formula is C20H18ClNO. The summed E-state index contributed by atoms with van der Waals surface area (Å²) < 4.78 is 0. The first-order valence-corrected chi connectivity index (χ1v) is 8.46. The van der Waals surface area contributed by atoms with Crippen molar-refractivity contribution in [3.8, 4) is 5.75 Å². The number of aromatic hydroxyl groups is 1. The van der Waals surface area contributed by atoms with E-state index in [2.05, 4.69) is 12.1 Å². The van der Waals surface area contributed by atoms with Crippen molar-refractivity contribution in [3.63, 3.8) is 0 Å². The Balaban J connectivity index is 1.80. The Labute approximate surface area is 140 Å². The Morgan fingerprint density at radius 2 is 1.78 bits per heavy atom. The minimum Gasteiger partial charge on any atom is -0.506 e. The van der Waals surface area contributed by atoms with Gasteiger partial charge in [0.25, 0.3) is 0 Å². The molecule has 0 unspecified atom stereocenters. The molecule has 0 aliphatic heterocycles. The monoisotopic (exact) mass is 323 g/mol. The Hall–Kier alpha value is -2.06. The maximum absolute atomic E-state index is 10.3. The third-order valence-electron chi connectivity index (χ3n) is 4.65. The predicted molar refractivity (Wildman–Crippen MR) is 94.3 cm³/mol. The molecule has 23 heavy (non-hydrogen) atoms. The van der Waals surface area contributed by atoms with E-state index in [1.807, 2.05) is 30.3 Å². The summed E-state index contributed by atoms with van der Waals surface area (Å²) in [4.78, 5) is 4.82. The number of hydrogen-bond acceptors (Lipinski definition) is 2. The van der Waals surface area contributed by atoms with E-state index in [4.69, 9.17) is 16.6 Å². The van der Waals surface area contributed by atoms with Gasteiger partial charge >= 0.3 is 0 Å². The van der Waals surface area contributed by atoms with Crippen LogP contribution in [0.1, 0.15) is 35.2 Å². The van der Waals surface area contributed by atoms with Crippen LogP contribution in [0, 0.1) is 0 Å². The molecule has 0 spiro atoms. The van der Waals surface area contributed by atoms with Gasteiger partial charge in [-0.25, -0.2) is 4.98 Å². The molecule has 4 rings (SSSR count). The van der Waals surface area contributed by atoms with E-state index in [-0.39, 0.29) is 5.75 Å². The number of benzene rings is 2. The minimum atomic E-state index is 0.267. The number of hydrogen-bond donors (Lipinski definition) is 1. The van der Waals surface area contributed by atoms with Gasteiger partial charge in [-0.15, -0.1) is 0 Å². The third kappa shape index (κ3) is 2.79. The van der Waals surface area contributed by atoms with Gasteiger partial charge in [0.05, 0.1) is 11.2 Å². The highest BCUT2D eigenvalue weighted by atomic mass is 35.5. The molecule has 3 heteroatoms. The number of aryl methyl sites for hydroxylation is 2. The van der Waals surface area contributed by atoms with E-state index in [1.165, 1.54) is 24.0 Å². The van der Waals surface area contributed by atoms with E-state index in [1.54, 1.807) is 0 Å². The van der Waals surface area contributed by atoms with E-state index in [0.717, 1.165) is 40.0 Å². The summed E-state index contributed by atoms with van der Waals surface area (Å²) in [6.07, 6.45) is 5.32. The second-order valence-electron chi connectivity index (χ2n) is 6.24. The van der Waals surface area contributed by atoms with Crippen LogP contribution in [-0.4, -0.2) is 10.1 Å². The molecule has 116 valence electrons. The first-order chi connectivity index (χ1) is 11.2. The van der Waals surface area contributed by atoms with Crippen molar-refractivity contribution in [2.75, 3.05) is 0 Å². The average molecular weight is 324 g/mol. The molecule has 0 amide bonds. The van der Waals surface area contributed by atoms with Crippen molar-refractivity contribution in [1.29, 1.82) is 0 Å². The number of pyridine rings is 1. The van der Waals surface area contributed by atoms with Crippen molar-refractivity contribution in [2.24, 2.45) is 0 Å². The number of rotatable bonds is 2. The zero-order valence-corrected chi connectivity index (χ0v) is 13.6. The summed E-state index contributed by atoms with van der Waals surface area (Å²) in [6.45, 7) is 0. The molecule has 2 nitrogen and oxygen atoms in total. The third-order valence-corrected chi connectivity index (χ3v) is 4.91. The van der Waals surface area contributed by atoms with Crippen LogP contribution in [0.2, 0.25) is 5.02 Å². The highest BCUT2D eigenvalue weighted by Crippen LogP contribution is 2.31. The van der Waals surface area contributed by atoms with E-state index in [0.29, 0.717) is 6.42 Å². The SMILES string of the molecule is Oc1cc2ccc3c(c2nc1Cc1ccc(Cl)cc1)CCCC3. The average Bonchev–Trinajstić information content (AvgIpc) is 2.57. The summed E-state index contributed by atoms with van der Waals surface area (Å²) in [5, 5.41) is 12.1. The molecule has 0 radical (unpaired) electrons. The number of aromatic nitrogens is 1. The van der Waals surface area contributed by atoms with Crippen molar-refractivity contribution in [2.45, 2.75) is 32.1 Å². The predicted octanol–water partition coefficient (Wildman–Crippen LogP) is 5.06. The summed E-state index contributed by atoms with van der Waals surface area (Å²) in [5.41, 5.74) is 5.68. The van der Waals surface area contributed by atoms with Gasteiger partial charge in [0, 0.05) is 16.8 Å². The van der Waals surface area contributed by atoms with Crippen LogP contribution in [0.3, 0.4) is 0 Å². The van der Waals surface area contributed by atoms with E-state index < -0.39 is 0 Å².